The third-order valence-corrected chi connectivity index (χ3v) is 4.53. The molecule has 0 amide bonds. The van der Waals surface area contributed by atoms with Crippen molar-refractivity contribution in [2.24, 2.45) is 5.41 Å². The van der Waals surface area contributed by atoms with Crippen molar-refractivity contribution in [3.63, 3.8) is 0 Å². The second-order valence-corrected chi connectivity index (χ2v) is 5.65. The van der Waals surface area contributed by atoms with Gasteiger partial charge in [0.05, 0.1) is 18.1 Å². The zero-order chi connectivity index (χ0) is 12.2. The Morgan fingerprint density at radius 3 is 2.12 bits per heavy atom. The van der Waals surface area contributed by atoms with E-state index in [-0.39, 0.29) is 0 Å². The molecule has 0 spiro atoms. The number of nitriles is 1. The second-order valence-electron chi connectivity index (χ2n) is 5.65. The van der Waals surface area contributed by atoms with Gasteiger partial charge in [-0.25, -0.2) is 0 Å². The van der Waals surface area contributed by atoms with Crippen LogP contribution in [0.1, 0.15) is 57.8 Å². The second kappa shape index (κ2) is 5.37. The average molecular weight is 237 g/mol. The van der Waals surface area contributed by atoms with E-state index in [2.05, 4.69) is 6.07 Å². The SMILES string of the molecule is N#CC1(C2(O)CCCOC2)CCCCCCC1. The topological polar surface area (TPSA) is 53.2 Å². The summed E-state index contributed by atoms with van der Waals surface area (Å²) in [6.07, 6.45) is 9.07. The summed E-state index contributed by atoms with van der Waals surface area (Å²) in [5.41, 5.74) is -1.47. The van der Waals surface area contributed by atoms with Crippen LogP contribution in [-0.4, -0.2) is 23.9 Å². The summed E-state index contributed by atoms with van der Waals surface area (Å²) in [6, 6.07) is 2.47. The molecule has 1 aliphatic carbocycles. The predicted molar refractivity (Wildman–Crippen MR) is 65.4 cm³/mol. The van der Waals surface area contributed by atoms with E-state index in [0.29, 0.717) is 6.61 Å². The molecule has 0 radical (unpaired) electrons. The van der Waals surface area contributed by atoms with E-state index in [1.807, 2.05) is 0 Å². The van der Waals surface area contributed by atoms with Gasteiger partial charge in [-0.1, -0.05) is 32.1 Å². The molecule has 3 nitrogen and oxygen atoms in total. The van der Waals surface area contributed by atoms with Gasteiger partial charge in [0.1, 0.15) is 5.60 Å². The molecule has 1 unspecified atom stereocenters. The minimum absolute atomic E-state index is 0.348. The Morgan fingerprint density at radius 2 is 1.59 bits per heavy atom. The number of nitrogens with zero attached hydrogens (tertiary/aromatic N) is 1. The van der Waals surface area contributed by atoms with Crippen LogP contribution in [0, 0.1) is 16.7 Å². The summed E-state index contributed by atoms with van der Waals surface area (Å²) in [5, 5.41) is 20.4. The molecule has 1 N–H and O–H groups in total. The van der Waals surface area contributed by atoms with Crippen molar-refractivity contribution in [2.75, 3.05) is 13.2 Å². The molecule has 0 aromatic heterocycles. The Kier molecular flexibility index (Phi) is 4.06. The molecule has 2 fully saturated rings. The van der Waals surface area contributed by atoms with E-state index in [1.165, 1.54) is 19.3 Å². The fraction of sp³-hybridized carbons (Fsp3) is 0.929. The van der Waals surface area contributed by atoms with E-state index < -0.39 is 11.0 Å². The number of ether oxygens (including phenoxy) is 1. The Hall–Kier alpha value is -0.590. The molecule has 2 rings (SSSR count). The first kappa shape index (κ1) is 12.9. The first-order valence-electron chi connectivity index (χ1n) is 6.94. The summed E-state index contributed by atoms with van der Waals surface area (Å²) in [6.45, 7) is 1.07. The van der Waals surface area contributed by atoms with Crippen LogP contribution >= 0.6 is 0 Å². The van der Waals surface area contributed by atoms with Crippen molar-refractivity contribution >= 4 is 0 Å². The maximum absolute atomic E-state index is 10.8. The minimum Gasteiger partial charge on any atom is -0.386 e. The summed E-state index contributed by atoms with van der Waals surface area (Å²) >= 11 is 0. The van der Waals surface area contributed by atoms with Gasteiger partial charge in [-0.3, -0.25) is 0 Å². The number of hydrogen-bond donors (Lipinski definition) is 1. The average Bonchev–Trinajstić information content (AvgIpc) is 2.30. The molecule has 0 aromatic carbocycles. The molecule has 96 valence electrons. The lowest BCUT2D eigenvalue weighted by atomic mass is 9.64. The third kappa shape index (κ3) is 2.48. The molecule has 1 atom stereocenters. The smallest absolute Gasteiger partial charge is 0.107 e. The van der Waals surface area contributed by atoms with Crippen LogP contribution in [0.5, 0.6) is 0 Å². The van der Waals surface area contributed by atoms with E-state index in [0.717, 1.165) is 45.1 Å². The van der Waals surface area contributed by atoms with Crippen molar-refractivity contribution < 1.29 is 9.84 Å². The van der Waals surface area contributed by atoms with E-state index in [1.54, 1.807) is 0 Å². The van der Waals surface area contributed by atoms with Crippen molar-refractivity contribution in [2.45, 2.75) is 63.4 Å². The highest BCUT2D eigenvalue weighted by molar-refractivity contribution is 5.12. The van der Waals surface area contributed by atoms with Gasteiger partial charge in [-0.15, -0.1) is 0 Å². The number of hydrogen-bond acceptors (Lipinski definition) is 3. The largest absolute Gasteiger partial charge is 0.386 e. The maximum Gasteiger partial charge on any atom is 0.107 e. The van der Waals surface area contributed by atoms with Crippen LogP contribution in [0.4, 0.5) is 0 Å². The van der Waals surface area contributed by atoms with Gasteiger partial charge in [0.2, 0.25) is 0 Å². The highest BCUT2D eigenvalue weighted by Crippen LogP contribution is 2.46. The van der Waals surface area contributed by atoms with Crippen LogP contribution in [0.15, 0.2) is 0 Å². The first-order valence-corrected chi connectivity index (χ1v) is 6.94. The molecule has 1 heterocycles. The van der Waals surface area contributed by atoms with Gasteiger partial charge in [0, 0.05) is 6.61 Å². The zero-order valence-corrected chi connectivity index (χ0v) is 10.6. The molecule has 17 heavy (non-hydrogen) atoms. The highest BCUT2D eigenvalue weighted by Gasteiger charge is 2.51. The monoisotopic (exact) mass is 237 g/mol. The lowest BCUT2D eigenvalue weighted by Gasteiger charge is -2.45. The predicted octanol–water partition coefficient (Wildman–Crippen LogP) is 2.78. The first-order chi connectivity index (χ1) is 8.22. The van der Waals surface area contributed by atoms with Crippen LogP contribution in [0.2, 0.25) is 0 Å². The number of aliphatic hydroxyl groups is 1. The van der Waals surface area contributed by atoms with Crippen molar-refractivity contribution in [3.8, 4) is 6.07 Å². The van der Waals surface area contributed by atoms with Crippen molar-refractivity contribution in [1.82, 2.24) is 0 Å². The molecule has 1 saturated carbocycles. The molecule has 1 aliphatic heterocycles. The summed E-state index contributed by atoms with van der Waals surface area (Å²) in [4.78, 5) is 0. The summed E-state index contributed by atoms with van der Waals surface area (Å²) in [7, 11) is 0. The van der Waals surface area contributed by atoms with Crippen LogP contribution in [0.25, 0.3) is 0 Å². The van der Waals surface area contributed by atoms with Crippen molar-refractivity contribution in [1.29, 1.82) is 5.26 Å². The van der Waals surface area contributed by atoms with Gasteiger partial charge < -0.3 is 9.84 Å². The lowest BCUT2D eigenvalue weighted by Crippen LogP contribution is -2.53. The maximum atomic E-state index is 10.8. The molecule has 0 aromatic rings. The fourth-order valence-corrected chi connectivity index (χ4v) is 3.35. The Labute approximate surface area is 104 Å². The van der Waals surface area contributed by atoms with Gasteiger partial charge in [0.25, 0.3) is 0 Å². The molecule has 0 bridgehead atoms. The molecular weight excluding hydrogens is 214 g/mol. The molecular formula is C14H23NO2. The quantitative estimate of drug-likeness (QED) is 0.763. The third-order valence-electron chi connectivity index (χ3n) is 4.53. The van der Waals surface area contributed by atoms with Crippen molar-refractivity contribution in [3.05, 3.63) is 0 Å². The lowest BCUT2D eigenvalue weighted by molar-refractivity contribution is -0.149. The van der Waals surface area contributed by atoms with E-state index in [9.17, 15) is 10.4 Å². The molecule has 2 aliphatic rings. The van der Waals surface area contributed by atoms with Gasteiger partial charge in [-0.2, -0.15) is 5.26 Å². The fourth-order valence-electron chi connectivity index (χ4n) is 3.35. The summed E-state index contributed by atoms with van der Waals surface area (Å²) < 4.78 is 5.44. The Bertz CT molecular complexity index is 281. The Balaban J connectivity index is 2.18. The number of rotatable bonds is 1. The normalized spacial score (nSPS) is 34.4. The standard InChI is InChI=1S/C14H23NO2/c15-11-13(7-4-2-1-3-5-8-13)14(16)9-6-10-17-12-14/h16H,1-10,12H2. The van der Waals surface area contributed by atoms with Crippen LogP contribution < -0.4 is 0 Å². The van der Waals surface area contributed by atoms with Gasteiger partial charge >= 0.3 is 0 Å². The molecule has 1 saturated heterocycles. The molecule has 3 heteroatoms. The van der Waals surface area contributed by atoms with Gasteiger partial charge in [0.15, 0.2) is 0 Å². The Morgan fingerprint density at radius 1 is 0.941 bits per heavy atom. The van der Waals surface area contributed by atoms with Crippen LogP contribution in [-0.2, 0) is 4.74 Å². The van der Waals surface area contributed by atoms with E-state index >= 15 is 0 Å². The summed E-state index contributed by atoms with van der Waals surface area (Å²) in [5.74, 6) is 0. The highest BCUT2D eigenvalue weighted by atomic mass is 16.5. The van der Waals surface area contributed by atoms with E-state index in [4.69, 9.17) is 4.74 Å². The van der Waals surface area contributed by atoms with Gasteiger partial charge in [-0.05, 0) is 25.7 Å². The zero-order valence-electron chi connectivity index (χ0n) is 10.6. The minimum atomic E-state index is -0.905. The van der Waals surface area contributed by atoms with Crippen LogP contribution in [0.3, 0.4) is 0 Å².